The summed E-state index contributed by atoms with van der Waals surface area (Å²) in [6.07, 6.45) is 1.64. The van der Waals surface area contributed by atoms with Gasteiger partial charge in [0.1, 0.15) is 24.7 Å². The summed E-state index contributed by atoms with van der Waals surface area (Å²) < 4.78 is 17.5. The van der Waals surface area contributed by atoms with E-state index in [0.717, 1.165) is 21.8 Å². The number of hydrogen-bond acceptors (Lipinski definition) is 3. The number of amides is 1. The van der Waals surface area contributed by atoms with Gasteiger partial charge in [-0.1, -0.05) is 0 Å². The Hall–Kier alpha value is -2.63. The summed E-state index contributed by atoms with van der Waals surface area (Å²) in [6, 6.07) is 7.24. The third kappa shape index (κ3) is 2.59. The second kappa shape index (κ2) is 6.01. The molecule has 114 valence electrons. The number of aromatic nitrogens is 2. The second-order valence-corrected chi connectivity index (χ2v) is 4.84. The lowest BCUT2D eigenvalue weighted by atomic mass is 10.1. The third-order valence-corrected chi connectivity index (χ3v) is 3.37. The molecule has 0 saturated heterocycles. The summed E-state index contributed by atoms with van der Waals surface area (Å²) in [6.45, 7) is 1.90. The molecule has 2 N–H and O–H groups in total. The highest BCUT2D eigenvalue weighted by Crippen LogP contribution is 2.28. The van der Waals surface area contributed by atoms with Gasteiger partial charge in [0.15, 0.2) is 0 Å². The van der Waals surface area contributed by atoms with Gasteiger partial charge in [-0.2, -0.15) is 0 Å². The summed E-state index contributed by atoms with van der Waals surface area (Å²) in [5.41, 5.74) is 2.12. The van der Waals surface area contributed by atoms with Crippen molar-refractivity contribution in [2.75, 3.05) is 19.8 Å². The molecule has 3 aromatic rings. The normalized spacial score (nSPS) is 11.0. The number of halogens is 1. The average Bonchev–Trinajstić information content (AvgIpc) is 2.90. The minimum absolute atomic E-state index is 0.0274. The van der Waals surface area contributed by atoms with E-state index in [1.54, 1.807) is 18.3 Å². The summed E-state index contributed by atoms with van der Waals surface area (Å²) >= 11 is 0. The number of carbonyl (C=O) groups is 1. The van der Waals surface area contributed by atoms with Crippen LogP contribution in [-0.4, -0.2) is 35.7 Å². The quantitative estimate of drug-likeness (QED) is 0.761. The maximum Gasteiger partial charge on any atom is 0.269 e. The largest absolute Gasteiger partial charge is 0.491 e. The number of carbonyl (C=O) groups excluding carboxylic acids is 1. The summed E-state index contributed by atoms with van der Waals surface area (Å²) in [7, 11) is 0. The Morgan fingerprint density at radius 3 is 2.91 bits per heavy atom. The van der Waals surface area contributed by atoms with Crippen LogP contribution in [-0.2, 0) is 0 Å². The fraction of sp³-hybridized carbons (Fsp3) is 0.250. The molecule has 2 heterocycles. The Labute approximate surface area is 126 Å². The van der Waals surface area contributed by atoms with E-state index in [1.807, 2.05) is 19.1 Å². The number of benzene rings is 1. The summed E-state index contributed by atoms with van der Waals surface area (Å²) in [4.78, 5) is 19.3. The van der Waals surface area contributed by atoms with Crippen molar-refractivity contribution in [2.24, 2.45) is 0 Å². The van der Waals surface area contributed by atoms with Crippen LogP contribution in [0.25, 0.3) is 21.8 Å². The number of aromatic amines is 1. The fourth-order valence-electron chi connectivity index (χ4n) is 2.40. The summed E-state index contributed by atoms with van der Waals surface area (Å²) in [5, 5.41) is 4.53. The van der Waals surface area contributed by atoms with Crippen LogP contribution in [0.5, 0.6) is 5.75 Å². The zero-order valence-corrected chi connectivity index (χ0v) is 12.1. The molecular formula is C16H16FN3O2. The van der Waals surface area contributed by atoms with Gasteiger partial charge in [-0.3, -0.25) is 4.79 Å². The fourth-order valence-corrected chi connectivity index (χ4v) is 2.40. The van der Waals surface area contributed by atoms with Crippen molar-refractivity contribution >= 4 is 27.7 Å². The lowest BCUT2D eigenvalue weighted by Gasteiger charge is -2.03. The molecule has 0 atom stereocenters. The number of nitrogens with zero attached hydrogens (tertiary/aromatic N) is 1. The number of pyridine rings is 1. The molecule has 0 unspecified atom stereocenters. The first-order chi connectivity index (χ1) is 10.7. The standard InChI is InChI=1S/C16H16FN3O2/c1-2-18-16(21)14-8-12-11-7-10(22-6-5-17)3-4-13(11)20-15(12)9-19-14/h3-4,7-9,20H,2,5-6H2,1H3,(H,18,21)/i17-1. The van der Waals surface area contributed by atoms with Crippen LogP contribution in [0.1, 0.15) is 17.4 Å². The molecule has 0 aliphatic rings. The minimum atomic E-state index is -0.531. The maximum absolute atomic E-state index is 12.2. The predicted octanol–water partition coefficient (Wildman–Crippen LogP) is 2.81. The highest BCUT2D eigenvalue weighted by Gasteiger charge is 2.11. The molecule has 2 aromatic heterocycles. The van der Waals surface area contributed by atoms with Crippen molar-refractivity contribution in [3.8, 4) is 5.75 Å². The molecule has 22 heavy (non-hydrogen) atoms. The highest BCUT2D eigenvalue weighted by molar-refractivity contribution is 6.09. The maximum atomic E-state index is 12.2. The minimum Gasteiger partial charge on any atom is -0.491 e. The van der Waals surface area contributed by atoms with E-state index in [-0.39, 0.29) is 12.5 Å². The number of fused-ring (bicyclic) bond motifs is 3. The Balaban J connectivity index is 2.08. The van der Waals surface area contributed by atoms with Gasteiger partial charge in [0, 0.05) is 22.8 Å². The highest BCUT2D eigenvalue weighted by atomic mass is 18.2. The lowest BCUT2D eigenvalue weighted by molar-refractivity contribution is 0.0951. The van der Waals surface area contributed by atoms with Crippen LogP contribution >= 0.6 is 0 Å². The van der Waals surface area contributed by atoms with Crippen molar-refractivity contribution in [2.45, 2.75) is 6.92 Å². The van der Waals surface area contributed by atoms with Crippen LogP contribution in [0, 0.1) is 0 Å². The molecule has 6 heteroatoms. The second-order valence-electron chi connectivity index (χ2n) is 4.84. The topological polar surface area (TPSA) is 67.0 Å². The number of nitrogens with one attached hydrogen (secondary N) is 2. The molecule has 1 aromatic carbocycles. The molecule has 3 rings (SSSR count). The summed E-state index contributed by atoms with van der Waals surface area (Å²) in [5.74, 6) is 0.394. The number of H-pyrrole nitrogens is 1. The number of alkyl halides is 1. The van der Waals surface area contributed by atoms with Crippen molar-refractivity contribution in [1.29, 1.82) is 0 Å². The first-order valence-corrected chi connectivity index (χ1v) is 7.11. The Morgan fingerprint density at radius 2 is 2.14 bits per heavy atom. The van der Waals surface area contributed by atoms with E-state index in [0.29, 0.717) is 18.0 Å². The lowest BCUT2D eigenvalue weighted by Crippen LogP contribution is -2.23. The van der Waals surface area contributed by atoms with Crippen molar-refractivity contribution < 1.29 is 13.9 Å². The number of ether oxygens (including phenoxy) is 1. The van der Waals surface area contributed by atoms with E-state index in [9.17, 15) is 9.18 Å². The molecule has 0 bridgehead atoms. The Bertz CT molecular complexity index is 829. The van der Waals surface area contributed by atoms with Crippen LogP contribution in [0.15, 0.2) is 30.5 Å². The molecule has 1 amide bonds. The molecule has 0 spiro atoms. The molecule has 0 saturated carbocycles. The SMILES string of the molecule is CCNC(=O)c1cc2c(cn1)[nH]c1ccc(OCC[18F])cc12. The smallest absolute Gasteiger partial charge is 0.269 e. The van der Waals surface area contributed by atoms with Crippen LogP contribution in [0.3, 0.4) is 0 Å². The first kappa shape index (κ1) is 14.3. The van der Waals surface area contributed by atoms with Gasteiger partial charge < -0.3 is 15.0 Å². The van der Waals surface area contributed by atoms with Crippen molar-refractivity contribution in [3.05, 3.63) is 36.2 Å². The molecule has 5 nitrogen and oxygen atoms in total. The zero-order valence-electron chi connectivity index (χ0n) is 12.1. The average molecular weight is 300 g/mol. The van der Waals surface area contributed by atoms with E-state index in [4.69, 9.17) is 4.74 Å². The van der Waals surface area contributed by atoms with E-state index in [2.05, 4.69) is 15.3 Å². The molecule has 0 fully saturated rings. The Morgan fingerprint density at radius 1 is 1.32 bits per heavy atom. The monoisotopic (exact) mass is 300 g/mol. The van der Waals surface area contributed by atoms with Crippen LogP contribution in [0.4, 0.5) is 4.39 Å². The van der Waals surface area contributed by atoms with Gasteiger partial charge in [-0.05, 0) is 31.2 Å². The number of hydrogen-bond donors (Lipinski definition) is 2. The van der Waals surface area contributed by atoms with Gasteiger partial charge in [0.2, 0.25) is 0 Å². The van der Waals surface area contributed by atoms with Crippen molar-refractivity contribution in [3.63, 3.8) is 0 Å². The van der Waals surface area contributed by atoms with Crippen LogP contribution in [0.2, 0.25) is 0 Å². The van der Waals surface area contributed by atoms with E-state index >= 15 is 0 Å². The number of rotatable bonds is 5. The van der Waals surface area contributed by atoms with Gasteiger partial charge >= 0.3 is 0 Å². The van der Waals surface area contributed by atoms with Crippen molar-refractivity contribution in [1.82, 2.24) is 15.3 Å². The molecule has 0 radical (unpaired) electrons. The Kier molecular flexibility index (Phi) is 3.91. The first-order valence-electron chi connectivity index (χ1n) is 7.11. The molecule has 0 aliphatic carbocycles. The van der Waals surface area contributed by atoms with Gasteiger partial charge in [-0.25, -0.2) is 9.37 Å². The van der Waals surface area contributed by atoms with Crippen LogP contribution < -0.4 is 10.1 Å². The predicted molar refractivity (Wildman–Crippen MR) is 83.1 cm³/mol. The third-order valence-electron chi connectivity index (χ3n) is 3.37. The van der Waals surface area contributed by atoms with Gasteiger partial charge in [0.25, 0.3) is 5.91 Å². The van der Waals surface area contributed by atoms with Gasteiger partial charge in [0.05, 0.1) is 11.7 Å². The zero-order chi connectivity index (χ0) is 15.5. The molecular weight excluding hydrogens is 284 g/mol. The molecule has 0 aliphatic heterocycles. The van der Waals surface area contributed by atoms with E-state index < -0.39 is 6.67 Å². The van der Waals surface area contributed by atoms with E-state index in [1.165, 1.54) is 0 Å². The van der Waals surface area contributed by atoms with Gasteiger partial charge in [-0.15, -0.1) is 0 Å².